The highest BCUT2D eigenvalue weighted by atomic mass is 14.9. The Morgan fingerprint density at radius 2 is 1.94 bits per heavy atom. The van der Waals surface area contributed by atoms with Crippen LogP contribution in [0.1, 0.15) is 62.7 Å². The van der Waals surface area contributed by atoms with Crippen molar-refractivity contribution >= 4 is 0 Å². The molecule has 1 aromatic rings. The molecule has 1 aromatic heterocycles. The summed E-state index contributed by atoms with van der Waals surface area (Å²) < 4.78 is 0. The van der Waals surface area contributed by atoms with Crippen molar-refractivity contribution in [2.45, 2.75) is 64.8 Å². The summed E-state index contributed by atoms with van der Waals surface area (Å²) >= 11 is 0. The zero-order valence-electron chi connectivity index (χ0n) is 11.3. The van der Waals surface area contributed by atoms with Crippen LogP contribution in [0.3, 0.4) is 0 Å². The summed E-state index contributed by atoms with van der Waals surface area (Å²) in [5, 5.41) is 0. The van der Waals surface area contributed by atoms with Crippen LogP contribution in [0, 0.1) is 12.8 Å². The molecule has 0 unspecified atom stereocenters. The van der Waals surface area contributed by atoms with Gasteiger partial charge in [-0.3, -0.25) is 0 Å². The predicted octanol–water partition coefficient (Wildman–Crippen LogP) is 2.90. The number of rotatable bonds is 3. The zero-order valence-corrected chi connectivity index (χ0v) is 11.3. The maximum Gasteiger partial charge on any atom is 0.109 e. The number of nitrogens with zero attached hydrogens (tertiary/aromatic N) is 1. The van der Waals surface area contributed by atoms with E-state index in [4.69, 9.17) is 10.7 Å². The summed E-state index contributed by atoms with van der Waals surface area (Å²) in [6, 6.07) is 0.414. The molecule has 1 heterocycles. The van der Waals surface area contributed by atoms with Crippen LogP contribution in [0.4, 0.5) is 0 Å². The molecule has 0 saturated heterocycles. The Morgan fingerprint density at radius 1 is 1.29 bits per heavy atom. The van der Waals surface area contributed by atoms with Gasteiger partial charge < -0.3 is 10.7 Å². The minimum Gasteiger partial charge on any atom is -0.346 e. The number of nitrogens with two attached hydrogens (primary N) is 1. The monoisotopic (exact) mass is 235 g/mol. The molecule has 1 aliphatic carbocycles. The van der Waals surface area contributed by atoms with Crippen molar-refractivity contribution in [1.82, 2.24) is 9.97 Å². The van der Waals surface area contributed by atoms with Gasteiger partial charge in [-0.1, -0.05) is 13.8 Å². The quantitative estimate of drug-likeness (QED) is 0.846. The number of hydrogen-bond acceptors (Lipinski definition) is 2. The van der Waals surface area contributed by atoms with Crippen LogP contribution < -0.4 is 5.73 Å². The van der Waals surface area contributed by atoms with E-state index < -0.39 is 0 Å². The Hall–Kier alpha value is -0.830. The van der Waals surface area contributed by atoms with E-state index in [0.717, 1.165) is 19.3 Å². The second kappa shape index (κ2) is 5.21. The fourth-order valence-corrected chi connectivity index (χ4v) is 2.69. The number of aromatic nitrogens is 2. The third-order valence-corrected chi connectivity index (χ3v) is 3.76. The fraction of sp³-hybridized carbons (Fsp3) is 0.786. The summed E-state index contributed by atoms with van der Waals surface area (Å²) in [6.07, 6.45) is 5.74. The summed E-state index contributed by atoms with van der Waals surface area (Å²) in [5.41, 5.74) is 8.45. The van der Waals surface area contributed by atoms with E-state index in [1.165, 1.54) is 30.1 Å². The van der Waals surface area contributed by atoms with Crippen molar-refractivity contribution in [3.05, 3.63) is 17.2 Å². The molecule has 17 heavy (non-hydrogen) atoms. The first-order valence-electron chi connectivity index (χ1n) is 6.87. The van der Waals surface area contributed by atoms with Gasteiger partial charge in [-0.05, 0) is 44.9 Å². The fourth-order valence-electron chi connectivity index (χ4n) is 2.69. The van der Waals surface area contributed by atoms with E-state index in [0.29, 0.717) is 17.9 Å². The zero-order chi connectivity index (χ0) is 12.4. The molecule has 0 aliphatic heterocycles. The van der Waals surface area contributed by atoms with Crippen LogP contribution in [0.15, 0.2) is 0 Å². The van der Waals surface area contributed by atoms with E-state index in [-0.39, 0.29) is 0 Å². The lowest BCUT2D eigenvalue weighted by Gasteiger charge is -2.24. The standard InChI is InChI=1S/C14H25N3/c1-9(2)8-13-10(3)16-14(17-13)11-4-6-12(15)7-5-11/h9,11-12H,4-8,15H2,1-3H3,(H,16,17). The Bertz CT molecular complexity index is 360. The van der Waals surface area contributed by atoms with Gasteiger partial charge in [0.05, 0.1) is 5.69 Å². The number of imidazole rings is 1. The molecule has 0 aromatic carbocycles. The number of hydrogen-bond donors (Lipinski definition) is 2. The van der Waals surface area contributed by atoms with Crippen molar-refractivity contribution in [1.29, 1.82) is 0 Å². The molecule has 0 spiro atoms. The van der Waals surface area contributed by atoms with Crippen LogP contribution in [-0.2, 0) is 6.42 Å². The number of aromatic amines is 1. The average molecular weight is 235 g/mol. The van der Waals surface area contributed by atoms with Crippen molar-refractivity contribution in [3.63, 3.8) is 0 Å². The van der Waals surface area contributed by atoms with Gasteiger partial charge in [0, 0.05) is 17.7 Å². The summed E-state index contributed by atoms with van der Waals surface area (Å²) in [4.78, 5) is 8.28. The lowest BCUT2D eigenvalue weighted by molar-refractivity contribution is 0.386. The minimum absolute atomic E-state index is 0.414. The number of nitrogens with one attached hydrogen (secondary N) is 1. The van der Waals surface area contributed by atoms with Crippen LogP contribution in [0.2, 0.25) is 0 Å². The molecule has 1 saturated carbocycles. The third-order valence-electron chi connectivity index (χ3n) is 3.76. The summed E-state index contributed by atoms with van der Waals surface area (Å²) in [6.45, 7) is 6.63. The SMILES string of the molecule is Cc1[nH]c(C2CCC(N)CC2)nc1CC(C)C. The normalized spacial score (nSPS) is 25.5. The van der Waals surface area contributed by atoms with Crippen molar-refractivity contribution < 1.29 is 0 Å². The molecule has 3 N–H and O–H groups in total. The van der Waals surface area contributed by atoms with E-state index in [1.807, 2.05) is 0 Å². The van der Waals surface area contributed by atoms with Crippen LogP contribution in [0.5, 0.6) is 0 Å². The van der Waals surface area contributed by atoms with Gasteiger partial charge in [0.1, 0.15) is 5.82 Å². The predicted molar refractivity (Wildman–Crippen MR) is 71.1 cm³/mol. The minimum atomic E-state index is 0.414. The van der Waals surface area contributed by atoms with E-state index in [1.54, 1.807) is 0 Å². The number of H-pyrrole nitrogens is 1. The molecule has 0 bridgehead atoms. The van der Waals surface area contributed by atoms with Crippen molar-refractivity contribution in [3.8, 4) is 0 Å². The highest BCUT2D eigenvalue weighted by Gasteiger charge is 2.23. The van der Waals surface area contributed by atoms with E-state index in [9.17, 15) is 0 Å². The first-order valence-corrected chi connectivity index (χ1v) is 6.87. The van der Waals surface area contributed by atoms with E-state index in [2.05, 4.69) is 25.8 Å². The molecule has 0 radical (unpaired) electrons. The maximum atomic E-state index is 5.95. The van der Waals surface area contributed by atoms with Gasteiger partial charge in [0.2, 0.25) is 0 Å². The lowest BCUT2D eigenvalue weighted by atomic mass is 9.86. The summed E-state index contributed by atoms with van der Waals surface area (Å²) in [7, 11) is 0. The Kier molecular flexibility index (Phi) is 3.87. The molecule has 96 valence electrons. The lowest BCUT2D eigenvalue weighted by Crippen LogP contribution is -2.26. The molecule has 3 heteroatoms. The first kappa shape index (κ1) is 12.6. The second-order valence-electron chi connectivity index (χ2n) is 5.90. The van der Waals surface area contributed by atoms with Gasteiger partial charge in [-0.2, -0.15) is 0 Å². The van der Waals surface area contributed by atoms with Crippen molar-refractivity contribution in [2.24, 2.45) is 11.7 Å². The highest BCUT2D eigenvalue weighted by molar-refractivity contribution is 5.16. The summed E-state index contributed by atoms with van der Waals surface area (Å²) in [5.74, 6) is 2.48. The largest absolute Gasteiger partial charge is 0.346 e. The molecular formula is C14H25N3. The van der Waals surface area contributed by atoms with Gasteiger partial charge in [-0.25, -0.2) is 4.98 Å². The van der Waals surface area contributed by atoms with Gasteiger partial charge >= 0.3 is 0 Å². The Labute approximate surface area is 104 Å². The topological polar surface area (TPSA) is 54.7 Å². The molecule has 1 fully saturated rings. The third kappa shape index (κ3) is 3.09. The van der Waals surface area contributed by atoms with E-state index >= 15 is 0 Å². The maximum absolute atomic E-state index is 5.95. The molecule has 2 rings (SSSR count). The van der Waals surface area contributed by atoms with Gasteiger partial charge in [-0.15, -0.1) is 0 Å². The van der Waals surface area contributed by atoms with Crippen LogP contribution in [-0.4, -0.2) is 16.0 Å². The second-order valence-corrected chi connectivity index (χ2v) is 5.90. The van der Waals surface area contributed by atoms with Gasteiger partial charge in [0.15, 0.2) is 0 Å². The van der Waals surface area contributed by atoms with Crippen LogP contribution in [0.25, 0.3) is 0 Å². The Morgan fingerprint density at radius 3 is 2.53 bits per heavy atom. The molecule has 1 aliphatic rings. The molecule has 3 nitrogen and oxygen atoms in total. The smallest absolute Gasteiger partial charge is 0.109 e. The highest BCUT2D eigenvalue weighted by Crippen LogP contribution is 2.31. The number of aryl methyl sites for hydroxylation is 1. The van der Waals surface area contributed by atoms with Gasteiger partial charge in [0.25, 0.3) is 0 Å². The average Bonchev–Trinajstić information content (AvgIpc) is 2.60. The molecule has 0 amide bonds. The first-order chi connectivity index (χ1) is 8.06. The Balaban J connectivity index is 2.06. The van der Waals surface area contributed by atoms with Crippen molar-refractivity contribution in [2.75, 3.05) is 0 Å². The molecule has 0 atom stereocenters. The molecular weight excluding hydrogens is 210 g/mol. The van der Waals surface area contributed by atoms with Crippen LogP contribution >= 0.6 is 0 Å².